The number of nitrogens with zero attached hydrogens (tertiary/aromatic N) is 1. The molecule has 0 saturated heterocycles. The third kappa shape index (κ3) is 62.8. The number of allylic oxidation sites excluding steroid dienone is 18. The van der Waals surface area contributed by atoms with Crippen LogP contribution in [-0.4, -0.2) is 68.5 Å². The third-order valence-corrected chi connectivity index (χ3v) is 15.5. The van der Waals surface area contributed by atoms with Crippen molar-refractivity contribution in [3.63, 3.8) is 0 Å². The zero-order valence-corrected chi connectivity index (χ0v) is 53.6. The molecule has 0 aromatic heterocycles. The van der Waals surface area contributed by atoms with Crippen molar-refractivity contribution in [3.05, 3.63) is 109 Å². The van der Waals surface area contributed by atoms with Crippen molar-refractivity contribution in [2.45, 2.75) is 296 Å². The Morgan fingerprint density at radius 1 is 0.450 bits per heavy atom. The first-order valence-electron chi connectivity index (χ1n) is 33.2. The van der Waals surface area contributed by atoms with Crippen molar-refractivity contribution >= 4 is 13.7 Å². The molecule has 2 N–H and O–H groups in total. The van der Waals surface area contributed by atoms with Crippen molar-refractivity contribution in [2.24, 2.45) is 0 Å². The lowest BCUT2D eigenvalue weighted by molar-refractivity contribution is -0.870. The SMILES string of the molecule is CC/C=C\C/C=C\C/C=C\C/C=C\C/C=C\C/C=C\C/C=C\C/C=C\C/C=C\CCCCCCCC(=O)NC(COP(=O)([O-])OCC[N+](C)(C)C)C(O)CCCCCCCCCCCCCCCCCCCCCCCCCCC. The van der Waals surface area contributed by atoms with Gasteiger partial charge in [0.05, 0.1) is 39.9 Å². The third-order valence-electron chi connectivity index (χ3n) is 14.5. The summed E-state index contributed by atoms with van der Waals surface area (Å²) in [5.41, 5.74) is 0. The molecule has 3 unspecified atom stereocenters. The summed E-state index contributed by atoms with van der Waals surface area (Å²) in [7, 11) is 1.28. The molecule has 80 heavy (non-hydrogen) atoms. The van der Waals surface area contributed by atoms with Gasteiger partial charge in [-0.1, -0.05) is 303 Å². The minimum atomic E-state index is -4.59. The van der Waals surface area contributed by atoms with Crippen LogP contribution < -0.4 is 10.2 Å². The Balaban J connectivity index is 4.18. The number of quaternary nitrogens is 1. The minimum Gasteiger partial charge on any atom is -0.756 e. The van der Waals surface area contributed by atoms with Crippen LogP contribution in [0.5, 0.6) is 0 Å². The van der Waals surface area contributed by atoms with E-state index in [1.54, 1.807) is 0 Å². The molecule has 9 heteroatoms. The van der Waals surface area contributed by atoms with Gasteiger partial charge in [-0.25, -0.2) is 0 Å². The fraction of sp³-hybridized carbons (Fsp3) is 0.732. The lowest BCUT2D eigenvalue weighted by Gasteiger charge is -2.30. The molecule has 0 aliphatic rings. The number of unbranched alkanes of at least 4 members (excludes halogenated alkanes) is 29. The lowest BCUT2D eigenvalue weighted by atomic mass is 10.0. The fourth-order valence-electron chi connectivity index (χ4n) is 9.39. The van der Waals surface area contributed by atoms with E-state index in [0.29, 0.717) is 23.9 Å². The highest BCUT2D eigenvalue weighted by atomic mass is 31.2. The average Bonchev–Trinajstić information content (AvgIpc) is 3.42. The largest absolute Gasteiger partial charge is 0.756 e. The highest BCUT2D eigenvalue weighted by molar-refractivity contribution is 7.45. The maximum Gasteiger partial charge on any atom is 0.268 e. The number of phosphoric ester groups is 1. The molecule has 0 aliphatic heterocycles. The maximum absolute atomic E-state index is 13.0. The van der Waals surface area contributed by atoms with Crippen LogP contribution in [0.25, 0.3) is 0 Å². The molecule has 0 radical (unpaired) electrons. The number of phosphoric acid groups is 1. The van der Waals surface area contributed by atoms with Crippen LogP contribution in [0.15, 0.2) is 109 Å². The van der Waals surface area contributed by atoms with Gasteiger partial charge >= 0.3 is 0 Å². The smallest absolute Gasteiger partial charge is 0.268 e. The van der Waals surface area contributed by atoms with Crippen molar-refractivity contribution < 1.29 is 32.9 Å². The number of carbonyl (C=O) groups is 1. The van der Waals surface area contributed by atoms with Gasteiger partial charge in [0.1, 0.15) is 13.2 Å². The zero-order chi connectivity index (χ0) is 58.4. The van der Waals surface area contributed by atoms with Crippen molar-refractivity contribution in [2.75, 3.05) is 40.9 Å². The minimum absolute atomic E-state index is 0.00277. The lowest BCUT2D eigenvalue weighted by Crippen LogP contribution is -2.46. The summed E-state index contributed by atoms with van der Waals surface area (Å²) in [6.07, 6.45) is 88.6. The van der Waals surface area contributed by atoms with E-state index in [0.717, 1.165) is 116 Å². The fourth-order valence-corrected chi connectivity index (χ4v) is 10.1. The first-order valence-corrected chi connectivity index (χ1v) is 34.7. The molecule has 0 rings (SSSR count). The van der Waals surface area contributed by atoms with Crippen LogP contribution in [0.3, 0.4) is 0 Å². The second kappa shape index (κ2) is 60.7. The maximum atomic E-state index is 13.0. The number of nitrogens with one attached hydrogen (secondary N) is 1. The Morgan fingerprint density at radius 2 is 0.762 bits per heavy atom. The van der Waals surface area contributed by atoms with E-state index in [1.165, 1.54) is 141 Å². The Bertz CT molecular complexity index is 1670. The quantitative estimate of drug-likeness (QED) is 0.0272. The number of amides is 1. The molecule has 1 amide bonds. The molecule has 0 aromatic carbocycles. The van der Waals surface area contributed by atoms with Gasteiger partial charge in [-0.05, 0) is 83.5 Å². The summed E-state index contributed by atoms with van der Waals surface area (Å²) in [5.74, 6) is -0.185. The molecule has 0 aromatic rings. The molecule has 0 fully saturated rings. The van der Waals surface area contributed by atoms with E-state index in [-0.39, 0.29) is 19.1 Å². The summed E-state index contributed by atoms with van der Waals surface area (Å²) in [6, 6.07) is -0.821. The van der Waals surface area contributed by atoms with Gasteiger partial charge in [-0.15, -0.1) is 0 Å². The molecule has 0 spiro atoms. The van der Waals surface area contributed by atoms with Crippen molar-refractivity contribution in [1.82, 2.24) is 5.32 Å². The van der Waals surface area contributed by atoms with Crippen molar-refractivity contribution in [1.29, 1.82) is 0 Å². The van der Waals surface area contributed by atoms with E-state index in [1.807, 2.05) is 21.1 Å². The molecule has 0 aliphatic carbocycles. The molecule has 8 nitrogen and oxygen atoms in total. The zero-order valence-electron chi connectivity index (χ0n) is 52.7. The Hall–Kier alpha value is -2.84. The highest BCUT2D eigenvalue weighted by Gasteiger charge is 2.24. The standard InChI is InChI=1S/C71H127N2O6P/c1-6-8-10-12-14-16-18-20-22-24-26-28-30-32-33-34-35-36-37-38-39-41-43-45-47-49-51-53-55-57-59-61-63-65-71(75)72-69(68-79-80(76,77)78-67-66-73(3,4)5)70(74)64-62-60-58-56-54-52-50-48-46-44-42-40-31-29-27-25-23-21-19-17-15-13-11-9-7-2/h8,10,14,16,20,22,26,28,32-33,35-36,38-39,43,45,49,51,69-70,74H,6-7,9,11-13,15,17-19,21,23-25,27,29-31,34,37,40-42,44,46-48,50,52-68H2,1-5H3,(H-,72,75,76,77)/b10-8-,16-14-,22-20-,28-26-,33-32-,36-35-,39-38-,45-43-,51-49-. The highest BCUT2D eigenvalue weighted by Crippen LogP contribution is 2.38. The van der Waals surface area contributed by atoms with E-state index in [2.05, 4.69) is 129 Å². The number of aliphatic hydroxyl groups is 1. The van der Waals surface area contributed by atoms with Gasteiger partial charge in [-0.3, -0.25) is 9.36 Å². The molecule has 0 heterocycles. The van der Waals surface area contributed by atoms with Crippen LogP contribution in [0, 0.1) is 0 Å². The summed E-state index contributed by atoms with van der Waals surface area (Å²) in [6.45, 7) is 4.61. The number of rotatable bonds is 60. The number of likely N-dealkylation sites (N-methyl/N-ethyl adjacent to an activating group) is 1. The number of carbonyl (C=O) groups excluding carboxylic acids is 1. The van der Waals surface area contributed by atoms with Gasteiger partial charge in [0.25, 0.3) is 7.82 Å². The molecule has 462 valence electrons. The van der Waals surface area contributed by atoms with Crippen LogP contribution in [0.4, 0.5) is 0 Å². The molecular formula is C71H127N2O6P. The van der Waals surface area contributed by atoms with E-state index >= 15 is 0 Å². The summed E-state index contributed by atoms with van der Waals surface area (Å²) in [4.78, 5) is 25.6. The van der Waals surface area contributed by atoms with E-state index in [4.69, 9.17) is 9.05 Å². The monoisotopic (exact) mass is 1130 g/mol. The van der Waals surface area contributed by atoms with Crippen LogP contribution in [0.2, 0.25) is 0 Å². The van der Waals surface area contributed by atoms with Gasteiger partial charge in [0.15, 0.2) is 0 Å². The Labute approximate surface area is 495 Å². The van der Waals surface area contributed by atoms with Gasteiger partial charge in [0.2, 0.25) is 5.91 Å². The molecule has 0 saturated carbocycles. The topological polar surface area (TPSA) is 108 Å². The number of hydrogen-bond donors (Lipinski definition) is 2. The first-order chi connectivity index (χ1) is 39.0. The first kappa shape index (κ1) is 77.2. The van der Waals surface area contributed by atoms with Gasteiger partial charge in [0, 0.05) is 6.42 Å². The Morgan fingerprint density at radius 3 is 1.11 bits per heavy atom. The second-order valence-electron chi connectivity index (χ2n) is 23.4. The number of aliphatic hydroxyl groups excluding tert-OH is 1. The van der Waals surface area contributed by atoms with Crippen LogP contribution in [-0.2, 0) is 18.4 Å². The predicted octanol–water partition coefficient (Wildman–Crippen LogP) is 20.5. The van der Waals surface area contributed by atoms with E-state index < -0.39 is 20.0 Å². The van der Waals surface area contributed by atoms with Gasteiger partial charge < -0.3 is 28.8 Å². The van der Waals surface area contributed by atoms with Crippen molar-refractivity contribution in [3.8, 4) is 0 Å². The summed E-state index contributed by atoms with van der Waals surface area (Å²) in [5, 5.41) is 14.1. The number of hydrogen-bond acceptors (Lipinski definition) is 6. The predicted molar refractivity (Wildman–Crippen MR) is 348 cm³/mol. The Kier molecular flexibility index (Phi) is 58.6. The molecular weight excluding hydrogens is 1010 g/mol. The second-order valence-corrected chi connectivity index (χ2v) is 24.9. The normalized spacial score (nSPS) is 14.4. The average molecular weight is 1140 g/mol. The molecule has 3 atom stereocenters. The van der Waals surface area contributed by atoms with Crippen LogP contribution in [0.1, 0.15) is 284 Å². The molecule has 0 bridgehead atoms. The summed E-state index contributed by atoms with van der Waals surface area (Å²) < 4.78 is 23.5. The van der Waals surface area contributed by atoms with Gasteiger partial charge in [-0.2, -0.15) is 0 Å². The summed E-state index contributed by atoms with van der Waals surface area (Å²) >= 11 is 0. The van der Waals surface area contributed by atoms with E-state index in [9.17, 15) is 19.4 Å². The van der Waals surface area contributed by atoms with Crippen LogP contribution >= 0.6 is 7.82 Å².